The molecule has 4 aromatic rings. The predicted molar refractivity (Wildman–Crippen MR) is 159 cm³/mol. The highest BCUT2D eigenvalue weighted by Crippen LogP contribution is 2.48. The monoisotopic (exact) mass is 697 g/mol. The van der Waals surface area contributed by atoms with Crippen molar-refractivity contribution >= 4 is 83.4 Å². The van der Waals surface area contributed by atoms with Crippen LogP contribution in [0.5, 0.6) is 17.2 Å². The molecule has 0 bridgehead atoms. The van der Waals surface area contributed by atoms with Crippen LogP contribution in [-0.2, 0) is 32.8 Å². The van der Waals surface area contributed by atoms with Crippen molar-refractivity contribution in [2.24, 2.45) is 0 Å². The molecule has 2 N–H and O–H groups in total. The van der Waals surface area contributed by atoms with E-state index in [1.54, 1.807) is 5.38 Å². The van der Waals surface area contributed by atoms with Crippen LogP contribution in [0, 0.1) is 0 Å². The number of hydrogen-bond donors (Lipinski definition) is 2. The summed E-state index contributed by atoms with van der Waals surface area (Å²) in [4.78, 5) is 38.5. The molecule has 1 aromatic carbocycles. The molecule has 45 heavy (non-hydrogen) atoms. The van der Waals surface area contributed by atoms with Crippen molar-refractivity contribution < 1.29 is 55.9 Å². The number of fused-ring (bicyclic) bond motifs is 3. The van der Waals surface area contributed by atoms with E-state index in [4.69, 9.17) is 14.2 Å². The van der Waals surface area contributed by atoms with E-state index in [-0.39, 0.29) is 41.2 Å². The molecule has 19 heteroatoms. The first-order valence-electron chi connectivity index (χ1n) is 12.9. The summed E-state index contributed by atoms with van der Waals surface area (Å²) in [5.41, 5.74) is -0.502. The molecule has 0 unspecified atom stereocenters. The molecule has 0 radical (unpaired) electrons. The number of aromatic nitrogens is 2. The number of ether oxygens (including phenoxy) is 3. The van der Waals surface area contributed by atoms with Gasteiger partial charge in [0.2, 0.25) is 19.2 Å². The number of carboxylic acid groups (broad SMARTS) is 2. The summed E-state index contributed by atoms with van der Waals surface area (Å²) in [5, 5.41) is 21.2. The number of aliphatic carboxylic acids is 2. The van der Waals surface area contributed by atoms with Crippen LogP contribution in [0.25, 0.3) is 21.7 Å². The molecule has 0 saturated heterocycles. The lowest BCUT2D eigenvalue weighted by molar-refractivity contribution is -0.655. The lowest BCUT2D eigenvalue weighted by atomic mass is 10.2. The summed E-state index contributed by atoms with van der Waals surface area (Å²) in [5.74, 6) is -3.73. The van der Waals surface area contributed by atoms with Crippen molar-refractivity contribution in [1.29, 1.82) is 0 Å². The van der Waals surface area contributed by atoms with Crippen LogP contribution < -0.4 is 38.4 Å². The van der Waals surface area contributed by atoms with Crippen LogP contribution >= 0.6 is 34.0 Å². The van der Waals surface area contributed by atoms with Crippen LogP contribution in [0.3, 0.4) is 0 Å². The molecule has 0 saturated carbocycles. The smallest absolute Gasteiger partial charge is 0.370 e. The Labute approximate surface area is 263 Å². The standard InChI is InChI=1S/C26H20FN3O11S4/c27-13(25-28(3-1-5-45(36,37)38)14-7-16-17(40-12-39-16)8-15(14)41-25)6-19-24(35)29(10-22(31)32)20(44-19)9-21-30(11-23(33)34)26-18(43-21)2-4-42-26/h2,4,6-9H,1,3,5,10-12H2,(H2-,31,32,33,34,36,37,38)/b19-6+,25-13+. The van der Waals surface area contributed by atoms with Gasteiger partial charge in [-0.15, -0.1) is 11.3 Å². The number of rotatable bonds is 10. The summed E-state index contributed by atoms with van der Waals surface area (Å²) in [7, 11) is -4.55. The third-order valence-electron chi connectivity index (χ3n) is 6.54. The number of hydrogen-bond acceptors (Lipinski definition) is 13. The molecule has 236 valence electrons. The Hall–Kier alpha value is -4.30. The average Bonchev–Trinajstić information content (AvgIpc) is 3.76. The maximum absolute atomic E-state index is 16.0. The van der Waals surface area contributed by atoms with Crippen LogP contribution in [0.4, 0.5) is 10.1 Å². The first kappa shape index (κ1) is 30.7. The van der Waals surface area contributed by atoms with Gasteiger partial charge >= 0.3 is 11.9 Å². The quantitative estimate of drug-likeness (QED) is 0.177. The van der Waals surface area contributed by atoms with E-state index >= 15 is 4.39 Å². The zero-order valence-electron chi connectivity index (χ0n) is 22.6. The van der Waals surface area contributed by atoms with Crippen LogP contribution in [0.1, 0.15) is 11.4 Å². The molecular formula is C26H20FN3O11S4. The van der Waals surface area contributed by atoms with Gasteiger partial charge in [-0.2, -0.15) is 4.57 Å². The van der Waals surface area contributed by atoms with Crippen molar-refractivity contribution in [3.63, 3.8) is 0 Å². The number of thiophene rings is 1. The maximum Gasteiger partial charge on any atom is 0.370 e. The van der Waals surface area contributed by atoms with Gasteiger partial charge in [0.1, 0.15) is 15.9 Å². The molecule has 0 fully saturated rings. The van der Waals surface area contributed by atoms with E-state index in [0.717, 1.165) is 26.7 Å². The number of thiazole rings is 2. The molecule has 2 aliphatic heterocycles. The molecule has 3 aromatic heterocycles. The van der Waals surface area contributed by atoms with Crippen LogP contribution in [0.15, 0.2) is 40.1 Å². The molecule has 0 atom stereocenters. The van der Waals surface area contributed by atoms with E-state index in [0.29, 0.717) is 27.0 Å². The highest BCUT2D eigenvalue weighted by Gasteiger charge is 2.33. The highest BCUT2D eigenvalue weighted by molar-refractivity contribution is 7.85. The minimum absolute atomic E-state index is 0.0439. The Bertz CT molecular complexity index is 2200. The van der Waals surface area contributed by atoms with Crippen LogP contribution in [0.2, 0.25) is 0 Å². The molecule has 14 nitrogen and oxygen atoms in total. The second-order valence-corrected chi connectivity index (χ2v) is 14.1. The summed E-state index contributed by atoms with van der Waals surface area (Å²) in [6.45, 7) is -1.30. The lowest BCUT2D eigenvalue weighted by Gasteiger charge is -2.19. The summed E-state index contributed by atoms with van der Waals surface area (Å²) in [6, 6.07) is 4.79. The molecule has 5 heterocycles. The summed E-state index contributed by atoms with van der Waals surface area (Å²) < 4.78 is 69.3. The lowest BCUT2D eigenvalue weighted by Crippen LogP contribution is -2.39. The van der Waals surface area contributed by atoms with Crippen molar-refractivity contribution in [1.82, 2.24) is 4.57 Å². The Morgan fingerprint density at radius 3 is 2.60 bits per heavy atom. The number of carboxylic acids is 2. The second kappa shape index (κ2) is 11.9. The van der Waals surface area contributed by atoms with Gasteiger partial charge in [-0.05, 0) is 17.9 Å². The van der Waals surface area contributed by atoms with E-state index < -0.39 is 51.6 Å². The molecule has 0 spiro atoms. The number of carbonyl (C=O) groups is 2. The molecule has 6 rings (SSSR count). The van der Waals surface area contributed by atoms with E-state index in [1.165, 1.54) is 50.3 Å². The SMILES string of the molecule is O=C(O)Cn1c(=Cc2sc3ccsc3[n+]2CC(=O)O)s/c(=C/C(F)=C2\Oc3cc4c(cc3N2CCCS(=O)(=O)[O-])OCO4)c1=O. The van der Waals surface area contributed by atoms with Gasteiger partial charge in [-0.3, -0.25) is 14.2 Å². The number of nitrogens with zero attached hydrogens (tertiary/aromatic N) is 3. The third kappa shape index (κ3) is 6.29. The molecule has 0 amide bonds. The van der Waals surface area contributed by atoms with Gasteiger partial charge < -0.3 is 33.9 Å². The Morgan fingerprint density at radius 1 is 1.13 bits per heavy atom. The van der Waals surface area contributed by atoms with Crippen molar-refractivity contribution in [2.75, 3.05) is 24.0 Å². The Kier molecular flexibility index (Phi) is 8.12. The fourth-order valence-corrected chi connectivity index (χ4v) is 8.49. The van der Waals surface area contributed by atoms with Crippen molar-refractivity contribution in [2.45, 2.75) is 19.5 Å². The van der Waals surface area contributed by atoms with Gasteiger partial charge in [-0.25, -0.2) is 17.6 Å². The first-order valence-corrected chi connectivity index (χ1v) is 17.0. The minimum Gasteiger partial charge on any atom is -0.748 e. The van der Waals surface area contributed by atoms with Gasteiger partial charge in [0.25, 0.3) is 15.4 Å². The van der Waals surface area contributed by atoms with E-state index in [9.17, 15) is 37.6 Å². The third-order valence-corrected chi connectivity index (χ3v) is 10.6. The topological polar surface area (TPSA) is 189 Å². The highest BCUT2D eigenvalue weighted by atomic mass is 32.2. The number of anilines is 1. The summed E-state index contributed by atoms with van der Waals surface area (Å²) >= 11 is 3.36. The van der Waals surface area contributed by atoms with E-state index in [1.807, 2.05) is 6.07 Å². The van der Waals surface area contributed by atoms with E-state index in [2.05, 4.69) is 0 Å². The van der Waals surface area contributed by atoms with Gasteiger partial charge in [0, 0.05) is 30.5 Å². The molecular weight excluding hydrogens is 678 g/mol. The van der Waals surface area contributed by atoms with Crippen molar-refractivity contribution in [3.8, 4) is 17.2 Å². The normalized spacial score (nSPS) is 16.0. The average molecular weight is 698 g/mol. The maximum atomic E-state index is 16.0. The molecule has 2 aliphatic rings. The predicted octanol–water partition coefficient (Wildman–Crippen LogP) is 0.954. The minimum atomic E-state index is -4.55. The second-order valence-electron chi connectivity index (χ2n) is 9.58. The zero-order chi connectivity index (χ0) is 32.0. The first-order chi connectivity index (χ1) is 21.4. The Morgan fingerprint density at radius 2 is 1.89 bits per heavy atom. The van der Waals surface area contributed by atoms with Gasteiger partial charge in [0.15, 0.2) is 23.1 Å². The molecule has 0 aliphatic carbocycles. The zero-order valence-corrected chi connectivity index (χ0v) is 25.9. The Balaban J connectivity index is 1.46. The largest absolute Gasteiger partial charge is 0.748 e. The van der Waals surface area contributed by atoms with Gasteiger partial charge in [0.05, 0.1) is 26.4 Å². The summed E-state index contributed by atoms with van der Waals surface area (Å²) in [6.07, 6.45) is 2.19. The van der Waals surface area contributed by atoms with Crippen LogP contribution in [-0.4, -0.2) is 58.8 Å². The fraction of sp³-hybridized carbons (Fsp3) is 0.231. The number of halogens is 1. The number of allylic oxidation sites excluding steroid dienone is 1. The fourth-order valence-electron chi connectivity index (χ4n) is 4.71. The number of benzene rings is 1. The van der Waals surface area contributed by atoms with Crippen molar-refractivity contribution in [3.05, 3.63) is 59.8 Å². The van der Waals surface area contributed by atoms with Gasteiger partial charge in [-0.1, -0.05) is 22.7 Å².